The Hall–Kier alpha value is -2.94. The van der Waals surface area contributed by atoms with Gasteiger partial charge in [0.05, 0.1) is 41.1 Å². The molecule has 2 fully saturated rings. The number of likely N-dealkylation sites (tertiary alicyclic amines) is 1. The Balaban J connectivity index is 1.50. The molecular weight excluding hydrogens is 636 g/mol. The van der Waals surface area contributed by atoms with E-state index in [1.165, 1.54) is 16.2 Å². The second-order valence-electron chi connectivity index (χ2n) is 13.5. The molecule has 0 radical (unpaired) electrons. The first-order valence-corrected chi connectivity index (χ1v) is 18.3. The SMILES string of the molecule is Cc1ncsc1-c1ccc([C@H](CCCCCOS(C)(=O)=O)NC(=O)[C@@H]2C[C@@H](O)CN2C(=O)[C@@H](NC(=O)C2(F)CC2)C(C)(C)C)cc1. The molecule has 4 rings (SSSR count). The smallest absolute Gasteiger partial charge is 0.264 e. The van der Waals surface area contributed by atoms with Gasteiger partial charge < -0.3 is 20.6 Å². The highest BCUT2D eigenvalue weighted by Gasteiger charge is 2.53. The van der Waals surface area contributed by atoms with Crippen molar-refractivity contribution in [2.75, 3.05) is 19.4 Å². The van der Waals surface area contributed by atoms with Crippen molar-refractivity contribution in [3.63, 3.8) is 0 Å². The first kappa shape index (κ1) is 35.9. The number of thiazole rings is 1. The number of carbonyl (C=O) groups is 3. The van der Waals surface area contributed by atoms with Crippen LogP contribution in [-0.4, -0.2) is 84.4 Å². The number of aliphatic hydroxyl groups excluding tert-OH is 1. The summed E-state index contributed by atoms with van der Waals surface area (Å²) in [4.78, 5) is 46.9. The van der Waals surface area contributed by atoms with Crippen LogP contribution >= 0.6 is 11.3 Å². The first-order chi connectivity index (χ1) is 21.5. The van der Waals surface area contributed by atoms with Gasteiger partial charge in [0.25, 0.3) is 16.0 Å². The number of nitrogens with one attached hydrogen (secondary N) is 2. The van der Waals surface area contributed by atoms with E-state index < -0.39 is 63.2 Å². The van der Waals surface area contributed by atoms with E-state index in [0.29, 0.717) is 25.7 Å². The quantitative estimate of drug-likeness (QED) is 0.201. The first-order valence-electron chi connectivity index (χ1n) is 15.6. The number of hydrogen-bond acceptors (Lipinski definition) is 9. The minimum absolute atomic E-state index is 0.0224. The van der Waals surface area contributed by atoms with Crippen molar-refractivity contribution in [3.8, 4) is 10.4 Å². The van der Waals surface area contributed by atoms with Crippen molar-refractivity contribution in [1.29, 1.82) is 0 Å². The molecule has 2 aromatic rings. The Morgan fingerprint density at radius 3 is 2.39 bits per heavy atom. The summed E-state index contributed by atoms with van der Waals surface area (Å²) in [5, 5.41) is 16.2. The number of alkyl halides is 1. The maximum absolute atomic E-state index is 14.5. The number of hydrogen-bond donors (Lipinski definition) is 3. The lowest BCUT2D eigenvalue weighted by molar-refractivity contribution is -0.145. The fourth-order valence-corrected chi connectivity index (χ4v) is 6.82. The average molecular weight is 681 g/mol. The molecule has 46 heavy (non-hydrogen) atoms. The van der Waals surface area contributed by atoms with E-state index in [1.807, 2.05) is 31.2 Å². The maximum atomic E-state index is 14.5. The van der Waals surface area contributed by atoms with Gasteiger partial charge in [-0.25, -0.2) is 9.37 Å². The van der Waals surface area contributed by atoms with E-state index in [9.17, 15) is 32.3 Å². The van der Waals surface area contributed by atoms with Gasteiger partial charge in [0.1, 0.15) is 12.1 Å². The summed E-state index contributed by atoms with van der Waals surface area (Å²) < 4.78 is 41.9. The van der Waals surface area contributed by atoms with Crippen molar-refractivity contribution in [2.45, 2.75) is 103 Å². The van der Waals surface area contributed by atoms with E-state index in [1.54, 1.807) is 26.3 Å². The summed E-state index contributed by atoms with van der Waals surface area (Å²) in [5.74, 6) is -1.82. The fraction of sp³-hybridized carbons (Fsp3) is 0.625. The largest absolute Gasteiger partial charge is 0.391 e. The number of carbonyl (C=O) groups excluding carboxylic acids is 3. The van der Waals surface area contributed by atoms with Gasteiger partial charge in [-0.3, -0.25) is 18.6 Å². The predicted molar refractivity (Wildman–Crippen MR) is 173 cm³/mol. The second kappa shape index (κ2) is 14.4. The monoisotopic (exact) mass is 680 g/mol. The average Bonchev–Trinajstić information content (AvgIpc) is 3.38. The highest BCUT2D eigenvalue weighted by Crippen LogP contribution is 2.40. The van der Waals surface area contributed by atoms with Gasteiger partial charge in [0.15, 0.2) is 5.67 Å². The Morgan fingerprint density at radius 1 is 1.15 bits per heavy atom. The van der Waals surface area contributed by atoms with Gasteiger partial charge in [-0.15, -0.1) is 11.3 Å². The molecule has 0 unspecified atom stereocenters. The highest BCUT2D eigenvalue weighted by atomic mass is 32.2. The zero-order valence-corrected chi connectivity index (χ0v) is 28.7. The third-order valence-corrected chi connectivity index (χ3v) is 9.99. The topological polar surface area (TPSA) is 155 Å². The molecule has 1 aliphatic carbocycles. The van der Waals surface area contributed by atoms with Crippen LogP contribution in [0, 0.1) is 12.3 Å². The molecule has 11 nitrogen and oxygen atoms in total. The third kappa shape index (κ3) is 9.33. The molecule has 1 aromatic heterocycles. The molecule has 3 N–H and O–H groups in total. The van der Waals surface area contributed by atoms with Gasteiger partial charge >= 0.3 is 0 Å². The molecule has 2 aliphatic rings. The fourth-order valence-electron chi connectivity index (χ4n) is 5.59. The molecule has 1 aliphatic heterocycles. The van der Waals surface area contributed by atoms with Crippen LogP contribution in [0.3, 0.4) is 0 Å². The second-order valence-corrected chi connectivity index (χ2v) is 16.0. The Labute approximate surface area is 274 Å². The van der Waals surface area contributed by atoms with Gasteiger partial charge in [0, 0.05) is 13.0 Å². The number of aliphatic hydroxyl groups is 1. The van der Waals surface area contributed by atoms with Gasteiger partial charge in [-0.2, -0.15) is 8.42 Å². The number of amides is 3. The molecule has 0 spiro atoms. The molecule has 254 valence electrons. The Bertz CT molecular complexity index is 1500. The van der Waals surface area contributed by atoms with Crippen molar-refractivity contribution in [1.82, 2.24) is 20.5 Å². The van der Waals surface area contributed by atoms with Crippen molar-refractivity contribution >= 4 is 39.2 Å². The molecule has 2 heterocycles. The van der Waals surface area contributed by atoms with E-state index in [4.69, 9.17) is 4.18 Å². The molecule has 3 amide bonds. The molecule has 1 saturated heterocycles. The van der Waals surface area contributed by atoms with E-state index in [2.05, 4.69) is 15.6 Å². The minimum Gasteiger partial charge on any atom is -0.391 e. The van der Waals surface area contributed by atoms with Crippen LogP contribution in [0.4, 0.5) is 4.39 Å². The maximum Gasteiger partial charge on any atom is 0.264 e. The van der Waals surface area contributed by atoms with Gasteiger partial charge in [-0.05, 0) is 49.1 Å². The number of aryl methyl sites for hydroxylation is 1. The summed E-state index contributed by atoms with van der Waals surface area (Å²) in [5.41, 5.74) is 1.80. The summed E-state index contributed by atoms with van der Waals surface area (Å²) in [7, 11) is -3.52. The van der Waals surface area contributed by atoms with Gasteiger partial charge in [0.2, 0.25) is 11.8 Å². The lowest BCUT2D eigenvalue weighted by atomic mass is 9.85. The molecule has 14 heteroatoms. The summed E-state index contributed by atoms with van der Waals surface area (Å²) >= 11 is 1.54. The van der Waals surface area contributed by atoms with Crippen LogP contribution in [-0.2, 0) is 28.7 Å². The lowest BCUT2D eigenvalue weighted by Crippen LogP contribution is -2.59. The number of aromatic nitrogens is 1. The van der Waals surface area contributed by atoms with Crippen LogP contribution in [0.15, 0.2) is 29.8 Å². The summed E-state index contributed by atoms with van der Waals surface area (Å²) in [6.07, 6.45) is 2.68. The molecule has 4 atom stereocenters. The lowest BCUT2D eigenvalue weighted by Gasteiger charge is -2.36. The summed E-state index contributed by atoms with van der Waals surface area (Å²) in [6.45, 7) is 7.19. The third-order valence-electron chi connectivity index (χ3n) is 8.42. The van der Waals surface area contributed by atoms with E-state index >= 15 is 0 Å². The number of β-amino-alcohol motifs (C(OH)–C–C–N with tert-alkyl or cyclic N) is 1. The van der Waals surface area contributed by atoms with Crippen molar-refractivity contribution < 1.29 is 36.5 Å². The van der Waals surface area contributed by atoms with Crippen LogP contribution in [0.2, 0.25) is 0 Å². The number of unbranched alkanes of at least 4 members (excludes halogenated alkanes) is 2. The molecule has 0 bridgehead atoms. The summed E-state index contributed by atoms with van der Waals surface area (Å²) in [6, 6.07) is 5.30. The molecule has 1 aromatic carbocycles. The standard InChI is InChI=1S/C32H45FN4O7S2/c1-20-26(45-19-34-20)22-12-10-21(11-13-22)24(9-7-6-8-16-44-46(5,42)43)35-28(39)25-17-23(38)18-37(25)29(40)27(31(2,3)4)36-30(41)32(33)14-15-32/h10-13,19,23-25,27,38H,6-9,14-18H2,1-5H3,(H,35,39)(H,36,41)/t23-,24+,25+,27-/m1/s1. The Kier molecular flexibility index (Phi) is 11.3. The number of rotatable bonds is 14. The van der Waals surface area contributed by atoms with Crippen LogP contribution < -0.4 is 10.6 Å². The normalized spacial score (nSPS) is 20.6. The van der Waals surface area contributed by atoms with Crippen LogP contribution in [0.25, 0.3) is 10.4 Å². The molecule has 1 saturated carbocycles. The number of nitrogens with zero attached hydrogens (tertiary/aromatic N) is 2. The Morgan fingerprint density at radius 2 is 1.83 bits per heavy atom. The number of halogens is 1. The zero-order chi connectivity index (χ0) is 33.9. The highest BCUT2D eigenvalue weighted by molar-refractivity contribution is 7.85. The number of benzene rings is 1. The van der Waals surface area contributed by atoms with Gasteiger partial charge in [-0.1, -0.05) is 57.9 Å². The van der Waals surface area contributed by atoms with Crippen LogP contribution in [0.5, 0.6) is 0 Å². The zero-order valence-electron chi connectivity index (χ0n) is 27.0. The van der Waals surface area contributed by atoms with Crippen LogP contribution in [0.1, 0.15) is 83.0 Å². The van der Waals surface area contributed by atoms with E-state index in [-0.39, 0.29) is 32.4 Å². The predicted octanol–water partition coefficient (Wildman–Crippen LogP) is 3.81. The molecular formula is C32H45FN4O7S2. The minimum atomic E-state index is -3.52. The van der Waals surface area contributed by atoms with Crippen molar-refractivity contribution in [2.24, 2.45) is 5.41 Å². The van der Waals surface area contributed by atoms with E-state index in [0.717, 1.165) is 28.0 Å². The van der Waals surface area contributed by atoms with Crippen molar-refractivity contribution in [3.05, 3.63) is 41.0 Å².